The Morgan fingerprint density at radius 2 is 2.11 bits per heavy atom. The molecule has 1 aromatic heterocycles. The molecule has 0 aliphatic carbocycles. The second-order valence-corrected chi connectivity index (χ2v) is 7.14. The van der Waals surface area contributed by atoms with Gasteiger partial charge >= 0.3 is 0 Å². The molecule has 1 atom stereocenters. The molecular weight excluding hydrogens is 381 g/mol. The molecule has 142 valence electrons. The van der Waals surface area contributed by atoms with Crippen LogP contribution in [0.1, 0.15) is 12.0 Å². The van der Waals surface area contributed by atoms with Crippen LogP contribution in [0.25, 0.3) is 10.9 Å². The number of pyridine rings is 1. The third-order valence-electron chi connectivity index (χ3n) is 4.81. The first-order valence-electron chi connectivity index (χ1n) is 8.90. The van der Waals surface area contributed by atoms with Gasteiger partial charge < -0.3 is 10.2 Å². The first-order chi connectivity index (χ1) is 13.5. The summed E-state index contributed by atoms with van der Waals surface area (Å²) in [6.45, 7) is 0.580. The van der Waals surface area contributed by atoms with Crippen LogP contribution in [0.2, 0.25) is 5.02 Å². The number of hydrogen-bond acceptors (Lipinski definition) is 3. The molecule has 0 bridgehead atoms. The number of nitrogens with zero attached hydrogens (tertiary/aromatic N) is 2. The van der Waals surface area contributed by atoms with Gasteiger partial charge in [0.05, 0.1) is 5.52 Å². The van der Waals surface area contributed by atoms with Crippen molar-refractivity contribution < 1.29 is 14.0 Å². The van der Waals surface area contributed by atoms with E-state index in [9.17, 15) is 14.0 Å². The molecule has 4 rings (SSSR count). The second kappa shape index (κ2) is 7.56. The Morgan fingerprint density at radius 3 is 2.93 bits per heavy atom. The zero-order valence-electron chi connectivity index (χ0n) is 14.9. The molecule has 2 aromatic carbocycles. The maximum Gasteiger partial charge on any atom is 0.239 e. The van der Waals surface area contributed by atoms with Crippen molar-refractivity contribution in [2.75, 3.05) is 11.4 Å². The molecule has 5 nitrogen and oxygen atoms in total. The highest BCUT2D eigenvalue weighted by atomic mass is 35.5. The van der Waals surface area contributed by atoms with Gasteiger partial charge in [-0.1, -0.05) is 17.7 Å². The largest absolute Gasteiger partial charge is 0.351 e. The lowest BCUT2D eigenvalue weighted by Gasteiger charge is -2.17. The molecule has 0 spiro atoms. The summed E-state index contributed by atoms with van der Waals surface area (Å²) in [5, 5.41) is 3.90. The fourth-order valence-electron chi connectivity index (χ4n) is 3.44. The van der Waals surface area contributed by atoms with Crippen molar-refractivity contribution in [3.05, 3.63) is 71.1 Å². The van der Waals surface area contributed by atoms with Gasteiger partial charge in [-0.15, -0.1) is 0 Å². The van der Waals surface area contributed by atoms with Gasteiger partial charge in [-0.25, -0.2) is 4.39 Å². The molecule has 28 heavy (non-hydrogen) atoms. The van der Waals surface area contributed by atoms with Crippen molar-refractivity contribution in [2.24, 2.45) is 5.92 Å². The lowest BCUT2D eigenvalue weighted by atomic mass is 10.1. The summed E-state index contributed by atoms with van der Waals surface area (Å²) in [7, 11) is 0. The number of rotatable bonds is 4. The van der Waals surface area contributed by atoms with Crippen molar-refractivity contribution >= 4 is 40.0 Å². The van der Waals surface area contributed by atoms with E-state index in [4.69, 9.17) is 11.6 Å². The van der Waals surface area contributed by atoms with Gasteiger partial charge in [-0.2, -0.15) is 0 Å². The fourth-order valence-corrected chi connectivity index (χ4v) is 3.68. The third-order valence-corrected chi connectivity index (χ3v) is 5.03. The summed E-state index contributed by atoms with van der Waals surface area (Å²) in [6, 6.07) is 13.4. The molecule has 3 aromatic rings. The number of amides is 2. The van der Waals surface area contributed by atoms with E-state index in [0.29, 0.717) is 18.5 Å². The van der Waals surface area contributed by atoms with Crippen LogP contribution >= 0.6 is 11.6 Å². The summed E-state index contributed by atoms with van der Waals surface area (Å²) in [5.41, 5.74) is 2.14. The Bertz CT molecular complexity index is 1050. The quantitative estimate of drug-likeness (QED) is 0.683. The van der Waals surface area contributed by atoms with Gasteiger partial charge in [-0.3, -0.25) is 14.6 Å². The molecular formula is C21H17ClFN3O2. The van der Waals surface area contributed by atoms with Crippen LogP contribution in [0, 0.1) is 11.7 Å². The van der Waals surface area contributed by atoms with Gasteiger partial charge in [0.15, 0.2) is 0 Å². The van der Waals surface area contributed by atoms with Gasteiger partial charge in [0.1, 0.15) is 11.7 Å². The van der Waals surface area contributed by atoms with Gasteiger partial charge in [0, 0.05) is 35.4 Å². The highest BCUT2D eigenvalue weighted by molar-refractivity contribution is 6.30. The highest BCUT2D eigenvalue weighted by Crippen LogP contribution is 2.28. The summed E-state index contributed by atoms with van der Waals surface area (Å²) >= 11 is 5.83. The number of benzene rings is 2. The number of aromatic nitrogens is 1. The standard InChI is InChI=1S/C21H17ClFN3O2/c22-15-8-13(9-16(23)11-15)12-25-20(27)18-5-7-26(21(18)28)17-3-4-19-14(10-17)2-1-6-24-19/h1-4,6,8-11,18H,5,7,12H2,(H,25,27). The maximum atomic E-state index is 13.4. The number of halogens is 2. The monoisotopic (exact) mass is 397 g/mol. The number of carbonyl (C=O) groups is 2. The van der Waals surface area contributed by atoms with Gasteiger partial charge in [0.25, 0.3) is 0 Å². The average molecular weight is 398 g/mol. The smallest absolute Gasteiger partial charge is 0.239 e. The second-order valence-electron chi connectivity index (χ2n) is 6.71. The Labute approximate surface area is 166 Å². The topological polar surface area (TPSA) is 62.3 Å². The van der Waals surface area contributed by atoms with E-state index in [-0.39, 0.29) is 23.4 Å². The average Bonchev–Trinajstić information content (AvgIpc) is 3.06. The molecule has 1 saturated heterocycles. The lowest BCUT2D eigenvalue weighted by molar-refractivity contribution is -0.132. The number of fused-ring (bicyclic) bond motifs is 1. The predicted molar refractivity (Wildman–Crippen MR) is 105 cm³/mol. The first kappa shape index (κ1) is 18.4. The van der Waals surface area contributed by atoms with Crippen molar-refractivity contribution in [2.45, 2.75) is 13.0 Å². The molecule has 2 heterocycles. The molecule has 1 N–H and O–H groups in total. The van der Waals surface area contributed by atoms with E-state index in [0.717, 1.165) is 16.6 Å². The minimum Gasteiger partial charge on any atom is -0.351 e. The molecule has 2 amide bonds. The Kier molecular flexibility index (Phi) is 4.96. The SMILES string of the molecule is O=C(NCc1cc(F)cc(Cl)c1)C1CCN(c2ccc3ncccc3c2)C1=O. The van der Waals surface area contributed by atoms with E-state index in [2.05, 4.69) is 10.3 Å². The Hall–Kier alpha value is -2.99. The van der Waals surface area contributed by atoms with E-state index < -0.39 is 11.7 Å². The number of carbonyl (C=O) groups excluding carboxylic acids is 2. The molecule has 0 radical (unpaired) electrons. The number of hydrogen-bond donors (Lipinski definition) is 1. The minimum absolute atomic E-state index is 0.113. The predicted octanol–water partition coefficient (Wildman–Crippen LogP) is 3.70. The highest BCUT2D eigenvalue weighted by Gasteiger charge is 2.37. The summed E-state index contributed by atoms with van der Waals surface area (Å²) in [6.07, 6.45) is 2.15. The molecule has 1 aliphatic rings. The Balaban J connectivity index is 1.44. The van der Waals surface area contributed by atoms with E-state index >= 15 is 0 Å². The summed E-state index contributed by atoms with van der Waals surface area (Å²) < 4.78 is 13.4. The molecule has 0 saturated carbocycles. The number of nitrogens with one attached hydrogen (secondary N) is 1. The molecule has 7 heteroatoms. The van der Waals surface area contributed by atoms with Crippen molar-refractivity contribution in [1.82, 2.24) is 10.3 Å². The van der Waals surface area contributed by atoms with E-state index in [1.807, 2.05) is 30.3 Å². The van der Waals surface area contributed by atoms with Crippen LogP contribution in [0.3, 0.4) is 0 Å². The van der Waals surface area contributed by atoms with Gasteiger partial charge in [0.2, 0.25) is 11.8 Å². The van der Waals surface area contributed by atoms with Crippen molar-refractivity contribution in [3.63, 3.8) is 0 Å². The summed E-state index contributed by atoms with van der Waals surface area (Å²) in [4.78, 5) is 31.2. The maximum absolute atomic E-state index is 13.4. The zero-order valence-corrected chi connectivity index (χ0v) is 15.6. The normalized spacial score (nSPS) is 16.6. The lowest BCUT2D eigenvalue weighted by Crippen LogP contribution is -2.36. The zero-order chi connectivity index (χ0) is 19.7. The van der Waals surface area contributed by atoms with Gasteiger partial charge in [-0.05, 0) is 54.4 Å². The first-order valence-corrected chi connectivity index (χ1v) is 9.28. The Morgan fingerprint density at radius 1 is 1.25 bits per heavy atom. The van der Waals surface area contributed by atoms with Crippen LogP contribution in [0.5, 0.6) is 0 Å². The fraction of sp³-hybridized carbons (Fsp3) is 0.190. The molecule has 1 unspecified atom stereocenters. The van der Waals surface area contributed by atoms with Crippen LogP contribution in [0.4, 0.5) is 10.1 Å². The van der Waals surface area contributed by atoms with Crippen LogP contribution in [0.15, 0.2) is 54.7 Å². The molecule has 1 fully saturated rings. The van der Waals surface area contributed by atoms with Crippen molar-refractivity contribution in [3.8, 4) is 0 Å². The van der Waals surface area contributed by atoms with E-state index in [1.54, 1.807) is 17.2 Å². The van der Waals surface area contributed by atoms with Crippen LogP contribution in [-0.4, -0.2) is 23.3 Å². The number of anilines is 1. The van der Waals surface area contributed by atoms with Crippen LogP contribution in [-0.2, 0) is 16.1 Å². The third kappa shape index (κ3) is 3.68. The summed E-state index contributed by atoms with van der Waals surface area (Å²) in [5.74, 6) is -1.83. The van der Waals surface area contributed by atoms with E-state index in [1.165, 1.54) is 12.1 Å². The molecule has 1 aliphatic heterocycles. The van der Waals surface area contributed by atoms with Crippen molar-refractivity contribution in [1.29, 1.82) is 0 Å². The van der Waals surface area contributed by atoms with Crippen LogP contribution < -0.4 is 10.2 Å². The minimum atomic E-state index is -0.756.